The fourth-order valence-electron chi connectivity index (χ4n) is 3.10. The van der Waals surface area contributed by atoms with Gasteiger partial charge in [0.15, 0.2) is 0 Å². The van der Waals surface area contributed by atoms with E-state index in [9.17, 15) is 9.59 Å². The first kappa shape index (κ1) is 16.7. The third-order valence-corrected chi connectivity index (χ3v) is 4.54. The highest BCUT2D eigenvalue weighted by atomic mass is 16.2. The lowest BCUT2D eigenvalue weighted by molar-refractivity contribution is -0.129. The van der Waals surface area contributed by atoms with Gasteiger partial charge in [0.25, 0.3) is 0 Å². The van der Waals surface area contributed by atoms with E-state index in [2.05, 4.69) is 5.32 Å². The smallest absolute Gasteiger partial charge is 0.229 e. The molecule has 25 heavy (non-hydrogen) atoms. The Balaban J connectivity index is 1.67. The molecule has 0 aliphatic carbocycles. The summed E-state index contributed by atoms with van der Waals surface area (Å²) in [5.41, 5.74) is 2.12. The topological polar surface area (TPSA) is 73.2 Å². The van der Waals surface area contributed by atoms with Crippen LogP contribution in [0.15, 0.2) is 54.6 Å². The van der Waals surface area contributed by atoms with Crippen LogP contribution in [0.3, 0.4) is 0 Å². The highest BCUT2D eigenvalue weighted by molar-refractivity contribution is 5.97. The molecule has 0 spiro atoms. The number of anilines is 1. The van der Waals surface area contributed by atoms with Crippen molar-refractivity contribution in [3.05, 3.63) is 65.7 Å². The van der Waals surface area contributed by atoms with Crippen LogP contribution in [0.1, 0.15) is 30.5 Å². The van der Waals surface area contributed by atoms with Gasteiger partial charge in [-0.3, -0.25) is 9.59 Å². The van der Waals surface area contributed by atoms with E-state index in [0.717, 1.165) is 5.56 Å². The van der Waals surface area contributed by atoms with E-state index < -0.39 is 0 Å². The number of rotatable bonds is 4. The zero-order chi connectivity index (χ0) is 17.8. The van der Waals surface area contributed by atoms with Crippen LogP contribution in [-0.2, 0) is 9.59 Å². The van der Waals surface area contributed by atoms with Crippen molar-refractivity contribution in [2.24, 2.45) is 5.92 Å². The molecule has 1 heterocycles. The lowest BCUT2D eigenvalue weighted by atomic mass is 10.1. The molecule has 1 aliphatic rings. The predicted molar refractivity (Wildman–Crippen MR) is 94.5 cm³/mol. The van der Waals surface area contributed by atoms with Crippen LogP contribution in [0.2, 0.25) is 0 Å². The van der Waals surface area contributed by atoms with Crippen molar-refractivity contribution in [1.29, 1.82) is 5.26 Å². The molecule has 2 aromatic carbocycles. The highest BCUT2D eigenvalue weighted by Gasteiger charge is 2.37. The van der Waals surface area contributed by atoms with Crippen LogP contribution in [0.5, 0.6) is 0 Å². The molecule has 1 fully saturated rings. The summed E-state index contributed by atoms with van der Waals surface area (Å²) in [5, 5.41) is 11.7. The second-order valence-corrected chi connectivity index (χ2v) is 6.22. The van der Waals surface area contributed by atoms with E-state index in [1.165, 1.54) is 0 Å². The van der Waals surface area contributed by atoms with Gasteiger partial charge in [0, 0.05) is 18.7 Å². The van der Waals surface area contributed by atoms with Crippen LogP contribution >= 0.6 is 0 Å². The molecule has 5 nitrogen and oxygen atoms in total. The first-order valence-corrected chi connectivity index (χ1v) is 8.24. The summed E-state index contributed by atoms with van der Waals surface area (Å²) in [4.78, 5) is 26.6. The molecule has 2 amide bonds. The molecule has 5 heteroatoms. The summed E-state index contributed by atoms with van der Waals surface area (Å²) in [7, 11) is 0. The van der Waals surface area contributed by atoms with Crippen LogP contribution in [0, 0.1) is 17.2 Å². The molecular weight excluding hydrogens is 314 g/mol. The van der Waals surface area contributed by atoms with Crippen molar-refractivity contribution < 1.29 is 9.59 Å². The Hall–Kier alpha value is -3.13. The molecule has 0 bridgehead atoms. The standard InChI is InChI=1S/C20H19N3O2/c1-14(16-7-3-2-4-8-16)23-13-17(11-19(23)24)20(25)22-18-9-5-6-15(10-18)12-21/h2-10,14,17H,11,13H2,1H3,(H,22,25). The minimum absolute atomic E-state index is 0.0118. The number of amides is 2. The molecule has 1 N–H and O–H groups in total. The monoisotopic (exact) mass is 333 g/mol. The first-order valence-electron chi connectivity index (χ1n) is 8.24. The summed E-state index contributed by atoms with van der Waals surface area (Å²) in [6, 6.07) is 18.5. The molecule has 0 saturated carbocycles. The lowest BCUT2D eigenvalue weighted by Crippen LogP contribution is -2.30. The number of hydrogen-bond acceptors (Lipinski definition) is 3. The zero-order valence-corrected chi connectivity index (χ0v) is 14.0. The molecule has 1 saturated heterocycles. The van der Waals surface area contributed by atoms with Crippen molar-refractivity contribution in [2.75, 3.05) is 11.9 Å². The molecule has 2 atom stereocenters. The Kier molecular flexibility index (Phi) is 4.80. The Morgan fingerprint density at radius 2 is 2.00 bits per heavy atom. The zero-order valence-electron chi connectivity index (χ0n) is 14.0. The molecule has 2 aromatic rings. The van der Waals surface area contributed by atoms with Gasteiger partial charge in [-0.2, -0.15) is 5.26 Å². The Morgan fingerprint density at radius 3 is 2.72 bits per heavy atom. The van der Waals surface area contributed by atoms with E-state index in [1.807, 2.05) is 43.3 Å². The van der Waals surface area contributed by atoms with E-state index in [1.54, 1.807) is 29.2 Å². The van der Waals surface area contributed by atoms with Gasteiger partial charge < -0.3 is 10.2 Å². The minimum atomic E-state index is -0.385. The normalized spacial score (nSPS) is 17.8. The Morgan fingerprint density at radius 1 is 1.24 bits per heavy atom. The summed E-state index contributed by atoms with van der Waals surface area (Å²) in [6.45, 7) is 2.38. The van der Waals surface area contributed by atoms with Crippen LogP contribution in [0.4, 0.5) is 5.69 Å². The molecule has 2 unspecified atom stereocenters. The second kappa shape index (κ2) is 7.18. The molecule has 3 rings (SSSR count). The van der Waals surface area contributed by atoms with Crippen LogP contribution < -0.4 is 5.32 Å². The van der Waals surface area contributed by atoms with Gasteiger partial charge in [0.2, 0.25) is 11.8 Å². The second-order valence-electron chi connectivity index (χ2n) is 6.22. The van der Waals surface area contributed by atoms with E-state index in [-0.39, 0.29) is 30.2 Å². The summed E-state index contributed by atoms with van der Waals surface area (Å²) >= 11 is 0. The van der Waals surface area contributed by atoms with Crippen molar-refractivity contribution in [2.45, 2.75) is 19.4 Å². The largest absolute Gasteiger partial charge is 0.335 e. The predicted octanol–water partition coefficient (Wildman–Crippen LogP) is 3.11. The SMILES string of the molecule is CC(c1ccccc1)N1CC(C(=O)Nc2cccc(C#N)c2)CC1=O. The number of likely N-dealkylation sites (tertiary alicyclic amines) is 1. The fraction of sp³-hybridized carbons (Fsp3) is 0.250. The van der Waals surface area contributed by atoms with Crippen molar-refractivity contribution >= 4 is 17.5 Å². The van der Waals surface area contributed by atoms with Crippen molar-refractivity contribution in [1.82, 2.24) is 4.90 Å². The third kappa shape index (κ3) is 3.69. The molecule has 0 radical (unpaired) electrons. The number of hydrogen-bond donors (Lipinski definition) is 1. The van der Waals surface area contributed by atoms with Gasteiger partial charge in [0.1, 0.15) is 0 Å². The summed E-state index contributed by atoms with van der Waals surface area (Å²) < 4.78 is 0. The van der Waals surface area contributed by atoms with Gasteiger partial charge in [0.05, 0.1) is 23.6 Å². The number of nitrogens with zero attached hydrogens (tertiary/aromatic N) is 2. The fourth-order valence-corrected chi connectivity index (χ4v) is 3.10. The van der Waals surface area contributed by atoms with Gasteiger partial charge in [-0.25, -0.2) is 0 Å². The van der Waals surface area contributed by atoms with E-state index in [0.29, 0.717) is 17.8 Å². The summed E-state index contributed by atoms with van der Waals surface area (Å²) in [6.07, 6.45) is 0.209. The first-order chi connectivity index (χ1) is 12.1. The Labute approximate surface area is 146 Å². The number of carbonyl (C=O) groups is 2. The van der Waals surface area contributed by atoms with Crippen molar-refractivity contribution in [3.63, 3.8) is 0 Å². The van der Waals surface area contributed by atoms with Gasteiger partial charge in [-0.05, 0) is 30.7 Å². The van der Waals surface area contributed by atoms with Crippen LogP contribution in [0.25, 0.3) is 0 Å². The third-order valence-electron chi connectivity index (χ3n) is 4.54. The quantitative estimate of drug-likeness (QED) is 0.934. The minimum Gasteiger partial charge on any atom is -0.335 e. The van der Waals surface area contributed by atoms with Gasteiger partial charge >= 0.3 is 0 Å². The summed E-state index contributed by atoms with van der Waals surface area (Å²) in [5.74, 6) is -0.585. The van der Waals surface area contributed by atoms with E-state index in [4.69, 9.17) is 5.26 Å². The average Bonchev–Trinajstić information content (AvgIpc) is 3.04. The molecule has 1 aliphatic heterocycles. The lowest BCUT2D eigenvalue weighted by Gasteiger charge is -2.25. The molecular formula is C20H19N3O2. The van der Waals surface area contributed by atoms with Crippen LogP contribution in [-0.4, -0.2) is 23.3 Å². The maximum Gasteiger partial charge on any atom is 0.229 e. The highest BCUT2D eigenvalue weighted by Crippen LogP contribution is 2.29. The number of carbonyl (C=O) groups excluding carboxylic acids is 2. The maximum absolute atomic E-state index is 12.5. The molecule has 0 aromatic heterocycles. The average molecular weight is 333 g/mol. The Bertz CT molecular complexity index is 826. The maximum atomic E-state index is 12.5. The van der Waals surface area contributed by atoms with Crippen molar-refractivity contribution in [3.8, 4) is 6.07 Å². The number of nitrogens with one attached hydrogen (secondary N) is 1. The van der Waals surface area contributed by atoms with Gasteiger partial charge in [-0.1, -0.05) is 36.4 Å². The number of nitriles is 1. The molecule has 126 valence electrons. The number of benzene rings is 2. The van der Waals surface area contributed by atoms with Gasteiger partial charge in [-0.15, -0.1) is 0 Å². The van der Waals surface area contributed by atoms with E-state index >= 15 is 0 Å².